The number of carbonyl (C=O) groups is 1. The Morgan fingerprint density at radius 2 is 2.23 bits per heavy atom. The van der Waals surface area contributed by atoms with Crippen molar-refractivity contribution in [2.24, 2.45) is 0 Å². The lowest BCUT2D eigenvalue weighted by atomic mass is 10.1. The summed E-state index contributed by atoms with van der Waals surface area (Å²) in [6.45, 7) is 0.405. The van der Waals surface area contributed by atoms with Crippen molar-refractivity contribution < 1.29 is 9.53 Å². The van der Waals surface area contributed by atoms with Crippen molar-refractivity contribution in [3.05, 3.63) is 28.2 Å². The Morgan fingerprint density at radius 1 is 1.46 bits per heavy atom. The van der Waals surface area contributed by atoms with Crippen molar-refractivity contribution in [1.82, 2.24) is 0 Å². The van der Waals surface area contributed by atoms with Crippen LogP contribution in [0.2, 0.25) is 0 Å². The van der Waals surface area contributed by atoms with Crippen LogP contribution in [0, 0.1) is 0 Å². The smallest absolute Gasteiger partial charge is 0.184 e. The van der Waals surface area contributed by atoms with Gasteiger partial charge in [0.25, 0.3) is 0 Å². The summed E-state index contributed by atoms with van der Waals surface area (Å²) in [5.41, 5.74) is 0.635. The van der Waals surface area contributed by atoms with Gasteiger partial charge in [-0.25, -0.2) is 0 Å². The van der Waals surface area contributed by atoms with Crippen LogP contribution in [0.25, 0.3) is 0 Å². The molecule has 1 unspecified atom stereocenters. The van der Waals surface area contributed by atoms with Crippen LogP contribution in [-0.2, 0) is 0 Å². The standard InChI is InChI=1S/C9H6Br2O2/c10-5-2-1-3-7-8(5)9(12)6(11)4-13-7/h1-3,6H,4H2. The van der Waals surface area contributed by atoms with E-state index in [2.05, 4.69) is 31.9 Å². The Labute approximate surface area is 92.5 Å². The van der Waals surface area contributed by atoms with Gasteiger partial charge in [0.2, 0.25) is 0 Å². The molecular formula is C9H6Br2O2. The molecule has 0 N–H and O–H groups in total. The molecule has 0 radical (unpaired) electrons. The van der Waals surface area contributed by atoms with Crippen LogP contribution in [0.4, 0.5) is 0 Å². The topological polar surface area (TPSA) is 26.3 Å². The van der Waals surface area contributed by atoms with Gasteiger partial charge in [0.05, 0.1) is 5.56 Å². The monoisotopic (exact) mass is 304 g/mol. The summed E-state index contributed by atoms with van der Waals surface area (Å²) in [7, 11) is 0. The van der Waals surface area contributed by atoms with Gasteiger partial charge in [-0.05, 0) is 28.1 Å². The zero-order chi connectivity index (χ0) is 9.42. The molecule has 0 saturated carbocycles. The minimum Gasteiger partial charge on any atom is -0.491 e. The molecule has 0 amide bonds. The first-order valence-corrected chi connectivity index (χ1v) is 5.50. The van der Waals surface area contributed by atoms with Crippen LogP contribution < -0.4 is 4.74 Å². The number of hydrogen-bond donors (Lipinski definition) is 0. The van der Waals surface area contributed by atoms with Gasteiger partial charge in [0.1, 0.15) is 17.2 Å². The van der Waals surface area contributed by atoms with Crippen LogP contribution in [0.15, 0.2) is 22.7 Å². The Morgan fingerprint density at radius 3 is 3.00 bits per heavy atom. The Kier molecular flexibility index (Phi) is 2.43. The number of carbonyl (C=O) groups excluding carboxylic acids is 1. The average molecular weight is 306 g/mol. The molecule has 0 bridgehead atoms. The van der Waals surface area contributed by atoms with E-state index in [1.54, 1.807) is 6.07 Å². The fourth-order valence-electron chi connectivity index (χ4n) is 1.26. The molecular weight excluding hydrogens is 300 g/mol. The third kappa shape index (κ3) is 1.53. The first-order chi connectivity index (χ1) is 6.20. The maximum absolute atomic E-state index is 11.7. The van der Waals surface area contributed by atoms with Gasteiger partial charge in [0, 0.05) is 4.47 Å². The summed E-state index contributed by atoms with van der Waals surface area (Å²) in [5.74, 6) is 0.740. The number of benzene rings is 1. The summed E-state index contributed by atoms with van der Waals surface area (Å²) in [6, 6.07) is 5.49. The highest BCUT2D eigenvalue weighted by atomic mass is 79.9. The van der Waals surface area contributed by atoms with E-state index < -0.39 is 0 Å². The number of halogens is 2. The maximum Gasteiger partial charge on any atom is 0.184 e. The molecule has 2 rings (SSSR count). The van der Waals surface area contributed by atoms with Crippen molar-refractivity contribution in [2.75, 3.05) is 6.61 Å². The lowest BCUT2D eigenvalue weighted by Gasteiger charge is -2.20. The molecule has 1 aliphatic heterocycles. The molecule has 1 aromatic carbocycles. The Bertz CT molecular complexity index is 363. The van der Waals surface area contributed by atoms with Crippen LogP contribution in [0.3, 0.4) is 0 Å². The third-order valence-corrected chi connectivity index (χ3v) is 3.23. The second-order valence-electron chi connectivity index (χ2n) is 2.76. The second-order valence-corrected chi connectivity index (χ2v) is 4.72. The number of Topliss-reactive ketones (excluding diaryl/α,β-unsaturated/α-hetero) is 1. The van der Waals surface area contributed by atoms with Gasteiger partial charge in [-0.3, -0.25) is 4.79 Å². The van der Waals surface area contributed by atoms with Gasteiger partial charge in [-0.2, -0.15) is 0 Å². The van der Waals surface area contributed by atoms with E-state index in [4.69, 9.17) is 4.74 Å². The fraction of sp³-hybridized carbons (Fsp3) is 0.222. The molecule has 1 aliphatic rings. The highest BCUT2D eigenvalue weighted by molar-refractivity contribution is 9.10. The van der Waals surface area contributed by atoms with E-state index in [1.165, 1.54) is 0 Å². The molecule has 0 saturated heterocycles. The van der Waals surface area contributed by atoms with Gasteiger partial charge >= 0.3 is 0 Å². The summed E-state index contributed by atoms with van der Waals surface area (Å²) in [4.78, 5) is 11.5. The molecule has 68 valence electrons. The summed E-state index contributed by atoms with van der Waals surface area (Å²) in [6.07, 6.45) is 0. The number of ketones is 1. The van der Waals surface area contributed by atoms with E-state index in [0.717, 1.165) is 4.47 Å². The second kappa shape index (κ2) is 3.42. The van der Waals surface area contributed by atoms with E-state index in [0.29, 0.717) is 17.9 Å². The van der Waals surface area contributed by atoms with Gasteiger partial charge in [-0.1, -0.05) is 22.0 Å². The normalized spacial score (nSPS) is 20.8. The molecule has 1 heterocycles. The van der Waals surface area contributed by atoms with Crippen LogP contribution in [0.5, 0.6) is 5.75 Å². The summed E-state index contributed by atoms with van der Waals surface area (Å²) < 4.78 is 6.18. The van der Waals surface area contributed by atoms with E-state index in [9.17, 15) is 4.79 Å². The fourth-order valence-corrected chi connectivity index (χ4v) is 2.16. The number of fused-ring (bicyclic) bond motifs is 1. The largest absolute Gasteiger partial charge is 0.491 e. The molecule has 4 heteroatoms. The third-order valence-electron chi connectivity index (χ3n) is 1.89. The van der Waals surface area contributed by atoms with Crippen molar-refractivity contribution in [3.8, 4) is 5.75 Å². The maximum atomic E-state index is 11.7. The zero-order valence-electron chi connectivity index (χ0n) is 6.59. The number of hydrogen-bond acceptors (Lipinski definition) is 2. The van der Waals surface area contributed by atoms with E-state index in [1.807, 2.05) is 12.1 Å². The number of rotatable bonds is 0. The molecule has 13 heavy (non-hydrogen) atoms. The van der Waals surface area contributed by atoms with Crippen molar-refractivity contribution in [2.45, 2.75) is 4.83 Å². The number of alkyl halides is 1. The average Bonchev–Trinajstić information content (AvgIpc) is 2.12. The molecule has 0 spiro atoms. The highest BCUT2D eigenvalue weighted by Crippen LogP contribution is 2.32. The molecule has 0 aliphatic carbocycles. The Hall–Kier alpha value is -0.350. The van der Waals surface area contributed by atoms with Crippen LogP contribution in [-0.4, -0.2) is 17.2 Å². The van der Waals surface area contributed by atoms with Crippen molar-refractivity contribution in [1.29, 1.82) is 0 Å². The van der Waals surface area contributed by atoms with Crippen molar-refractivity contribution >= 4 is 37.6 Å². The van der Waals surface area contributed by atoms with Gasteiger partial charge < -0.3 is 4.74 Å². The van der Waals surface area contributed by atoms with Crippen LogP contribution >= 0.6 is 31.9 Å². The number of ether oxygens (including phenoxy) is 1. The van der Waals surface area contributed by atoms with Crippen LogP contribution in [0.1, 0.15) is 10.4 Å². The molecule has 1 atom stereocenters. The highest BCUT2D eigenvalue weighted by Gasteiger charge is 2.28. The Balaban J connectivity index is 2.57. The van der Waals surface area contributed by atoms with Gasteiger partial charge in [-0.15, -0.1) is 0 Å². The molecule has 2 nitrogen and oxygen atoms in total. The summed E-state index contributed by atoms with van der Waals surface area (Å²) in [5, 5.41) is 0. The van der Waals surface area contributed by atoms with Gasteiger partial charge in [0.15, 0.2) is 5.78 Å². The lowest BCUT2D eigenvalue weighted by Crippen LogP contribution is -2.28. The quantitative estimate of drug-likeness (QED) is 0.689. The van der Waals surface area contributed by atoms with E-state index >= 15 is 0 Å². The van der Waals surface area contributed by atoms with Crippen molar-refractivity contribution in [3.63, 3.8) is 0 Å². The SMILES string of the molecule is O=C1c2c(Br)cccc2OCC1Br. The van der Waals surface area contributed by atoms with E-state index in [-0.39, 0.29) is 10.6 Å². The minimum atomic E-state index is -0.223. The minimum absolute atomic E-state index is 0.0775. The predicted octanol–water partition coefficient (Wildman–Crippen LogP) is 2.79. The predicted molar refractivity (Wildman–Crippen MR) is 56.7 cm³/mol. The zero-order valence-corrected chi connectivity index (χ0v) is 9.76. The molecule has 0 aromatic heterocycles. The first kappa shape index (κ1) is 9.21. The lowest BCUT2D eigenvalue weighted by molar-refractivity contribution is 0.0945. The molecule has 0 fully saturated rings. The first-order valence-electron chi connectivity index (χ1n) is 3.80. The summed E-state index contributed by atoms with van der Waals surface area (Å²) >= 11 is 6.59. The molecule has 1 aromatic rings.